The van der Waals surface area contributed by atoms with Gasteiger partial charge in [0, 0.05) is 6.54 Å². The van der Waals surface area contributed by atoms with E-state index in [1.807, 2.05) is 25.2 Å². The van der Waals surface area contributed by atoms with Crippen LogP contribution < -0.4 is 15.4 Å². The fourth-order valence-corrected chi connectivity index (χ4v) is 1.48. The van der Waals surface area contributed by atoms with Crippen molar-refractivity contribution in [3.63, 3.8) is 0 Å². The first-order valence-corrected chi connectivity index (χ1v) is 6.94. The Morgan fingerprint density at radius 3 is 2.64 bits per heavy atom. The van der Waals surface area contributed by atoms with Crippen molar-refractivity contribution in [1.29, 1.82) is 0 Å². The van der Waals surface area contributed by atoms with Gasteiger partial charge in [-0.2, -0.15) is 0 Å². The lowest BCUT2D eigenvalue weighted by Gasteiger charge is -2.08. The smallest absolute Gasteiger partial charge is 0.344 e. The molecule has 0 saturated carbocycles. The van der Waals surface area contributed by atoms with E-state index in [2.05, 4.69) is 5.32 Å². The van der Waals surface area contributed by atoms with Crippen LogP contribution in [-0.4, -0.2) is 37.7 Å². The van der Waals surface area contributed by atoms with E-state index >= 15 is 0 Å². The van der Waals surface area contributed by atoms with Crippen LogP contribution in [0.4, 0.5) is 4.79 Å². The third kappa shape index (κ3) is 7.28. The Kier molecular flexibility index (Phi) is 7.45. The first kappa shape index (κ1) is 17.5. The first-order chi connectivity index (χ1) is 10.5. The minimum atomic E-state index is -0.697. The summed E-state index contributed by atoms with van der Waals surface area (Å²) in [5.74, 6) is -0.844. The molecule has 7 nitrogen and oxygen atoms in total. The van der Waals surface area contributed by atoms with E-state index < -0.39 is 24.5 Å². The third-order valence-corrected chi connectivity index (χ3v) is 2.50. The number of esters is 1. The van der Waals surface area contributed by atoms with Gasteiger partial charge >= 0.3 is 12.0 Å². The number of benzene rings is 1. The second kappa shape index (κ2) is 9.38. The van der Waals surface area contributed by atoms with Crippen molar-refractivity contribution in [2.75, 3.05) is 19.8 Å². The van der Waals surface area contributed by atoms with Gasteiger partial charge in [-0.1, -0.05) is 19.1 Å². The average molecular weight is 308 g/mol. The largest absolute Gasteiger partial charge is 0.482 e. The molecule has 0 spiro atoms. The maximum Gasteiger partial charge on any atom is 0.344 e. The normalized spacial score (nSPS) is 9.73. The van der Waals surface area contributed by atoms with Crippen molar-refractivity contribution in [3.8, 4) is 5.75 Å². The van der Waals surface area contributed by atoms with E-state index in [9.17, 15) is 14.4 Å². The zero-order valence-corrected chi connectivity index (χ0v) is 12.7. The Hall–Kier alpha value is -2.57. The molecular formula is C15H20N2O5. The molecule has 0 aliphatic carbocycles. The fraction of sp³-hybridized carbons (Fsp3) is 0.400. The molecule has 120 valence electrons. The van der Waals surface area contributed by atoms with Gasteiger partial charge in [0.05, 0.1) is 0 Å². The maximum absolute atomic E-state index is 11.4. The van der Waals surface area contributed by atoms with Crippen molar-refractivity contribution < 1.29 is 23.9 Å². The van der Waals surface area contributed by atoms with Gasteiger partial charge in [-0.3, -0.25) is 10.1 Å². The van der Waals surface area contributed by atoms with Gasteiger partial charge < -0.3 is 14.8 Å². The van der Waals surface area contributed by atoms with E-state index in [-0.39, 0.29) is 6.61 Å². The summed E-state index contributed by atoms with van der Waals surface area (Å²) < 4.78 is 9.93. The number of urea groups is 1. The predicted octanol–water partition coefficient (Wildman–Crippen LogP) is 1.15. The van der Waals surface area contributed by atoms with Crippen molar-refractivity contribution in [3.05, 3.63) is 29.8 Å². The van der Waals surface area contributed by atoms with E-state index in [1.165, 1.54) is 0 Å². The summed E-state index contributed by atoms with van der Waals surface area (Å²) in [5, 5.41) is 4.51. The fourth-order valence-electron chi connectivity index (χ4n) is 1.48. The van der Waals surface area contributed by atoms with Gasteiger partial charge in [0.25, 0.3) is 5.91 Å². The third-order valence-electron chi connectivity index (χ3n) is 2.50. The van der Waals surface area contributed by atoms with Crippen molar-refractivity contribution in [2.45, 2.75) is 20.3 Å². The van der Waals surface area contributed by atoms with Gasteiger partial charge in [0.2, 0.25) is 0 Å². The highest BCUT2D eigenvalue weighted by atomic mass is 16.6. The number of imide groups is 1. The Bertz CT molecular complexity index is 530. The van der Waals surface area contributed by atoms with Gasteiger partial charge in [-0.25, -0.2) is 9.59 Å². The van der Waals surface area contributed by atoms with E-state index in [1.54, 1.807) is 18.2 Å². The van der Waals surface area contributed by atoms with E-state index in [0.717, 1.165) is 12.0 Å². The first-order valence-electron chi connectivity index (χ1n) is 6.94. The summed E-state index contributed by atoms with van der Waals surface area (Å²) in [6.45, 7) is 3.41. The van der Waals surface area contributed by atoms with Crippen LogP contribution in [0.25, 0.3) is 0 Å². The van der Waals surface area contributed by atoms with Crippen LogP contribution in [0, 0.1) is 6.92 Å². The number of amides is 3. The molecule has 1 aromatic carbocycles. The molecule has 0 unspecified atom stereocenters. The van der Waals surface area contributed by atoms with Crippen LogP contribution in [-0.2, 0) is 14.3 Å². The van der Waals surface area contributed by atoms with E-state index in [0.29, 0.717) is 12.3 Å². The molecule has 0 heterocycles. The van der Waals surface area contributed by atoms with Gasteiger partial charge in [-0.05, 0) is 31.0 Å². The van der Waals surface area contributed by atoms with Crippen LogP contribution in [0.3, 0.4) is 0 Å². The highest BCUT2D eigenvalue weighted by Gasteiger charge is 2.11. The topological polar surface area (TPSA) is 93.7 Å². The van der Waals surface area contributed by atoms with Gasteiger partial charge in [0.1, 0.15) is 5.75 Å². The minimum Gasteiger partial charge on any atom is -0.482 e. The number of rotatable bonds is 7. The van der Waals surface area contributed by atoms with Crippen LogP contribution in [0.2, 0.25) is 0 Å². The SMILES string of the molecule is CCCNC(=O)NC(=O)COC(=O)COc1cccc(C)c1. The molecule has 22 heavy (non-hydrogen) atoms. The number of carbonyl (C=O) groups is 3. The monoisotopic (exact) mass is 308 g/mol. The molecule has 1 aromatic rings. The number of ether oxygens (including phenoxy) is 2. The van der Waals surface area contributed by atoms with Crippen LogP contribution >= 0.6 is 0 Å². The molecule has 0 aliphatic rings. The summed E-state index contributed by atoms with van der Waals surface area (Å²) in [6, 6.07) is 6.58. The molecule has 0 aliphatic heterocycles. The number of hydrogen-bond acceptors (Lipinski definition) is 5. The maximum atomic E-state index is 11.4. The average Bonchev–Trinajstić information content (AvgIpc) is 2.49. The Morgan fingerprint density at radius 1 is 1.18 bits per heavy atom. The Balaban J connectivity index is 2.22. The van der Waals surface area contributed by atoms with E-state index in [4.69, 9.17) is 9.47 Å². The second-order valence-corrected chi connectivity index (χ2v) is 4.57. The molecule has 0 atom stereocenters. The molecular weight excluding hydrogens is 288 g/mol. The molecule has 0 aromatic heterocycles. The van der Waals surface area contributed by atoms with Gasteiger partial charge in [-0.15, -0.1) is 0 Å². The molecule has 1 rings (SSSR count). The summed E-state index contributed by atoms with van der Waals surface area (Å²) in [6.07, 6.45) is 0.757. The molecule has 3 amide bonds. The Morgan fingerprint density at radius 2 is 1.95 bits per heavy atom. The number of aryl methyl sites for hydroxylation is 1. The molecule has 0 radical (unpaired) electrons. The highest BCUT2D eigenvalue weighted by molar-refractivity contribution is 5.95. The zero-order chi connectivity index (χ0) is 16.4. The van der Waals surface area contributed by atoms with Crippen molar-refractivity contribution in [1.82, 2.24) is 10.6 Å². The van der Waals surface area contributed by atoms with Crippen LogP contribution in [0.5, 0.6) is 5.75 Å². The molecule has 2 N–H and O–H groups in total. The van der Waals surface area contributed by atoms with Crippen molar-refractivity contribution in [2.24, 2.45) is 0 Å². The molecule has 0 bridgehead atoms. The zero-order valence-electron chi connectivity index (χ0n) is 12.7. The highest BCUT2D eigenvalue weighted by Crippen LogP contribution is 2.11. The lowest BCUT2D eigenvalue weighted by Crippen LogP contribution is -2.41. The minimum absolute atomic E-state index is 0.307. The summed E-state index contributed by atoms with van der Waals surface area (Å²) in [4.78, 5) is 34.0. The number of hydrogen-bond donors (Lipinski definition) is 2. The lowest BCUT2D eigenvalue weighted by molar-refractivity contribution is -0.150. The summed E-state index contributed by atoms with van der Waals surface area (Å²) >= 11 is 0. The van der Waals surface area contributed by atoms with Crippen molar-refractivity contribution >= 4 is 17.9 Å². The summed E-state index contributed by atoms with van der Waals surface area (Å²) in [7, 11) is 0. The van der Waals surface area contributed by atoms with Gasteiger partial charge in [0.15, 0.2) is 13.2 Å². The lowest BCUT2D eigenvalue weighted by atomic mass is 10.2. The standard InChI is InChI=1S/C15H20N2O5/c1-3-7-16-15(20)17-13(18)9-22-14(19)10-21-12-6-4-5-11(2)8-12/h4-6,8H,3,7,9-10H2,1-2H3,(H2,16,17,18,20). The molecule has 0 fully saturated rings. The van der Waals surface area contributed by atoms with Crippen LogP contribution in [0.1, 0.15) is 18.9 Å². The number of carbonyl (C=O) groups excluding carboxylic acids is 3. The summed E-state index contributed by atoms with van der Waals surface area (Å²) in [5.41, 5.74) is 1.00. The molecule has 7 heteroatoms. The molecule has 0 saturated heterocycles. The quantitative estimate of drug-likeness (QED) is 0.737. The predicted molar refractivity (Wildman–Crippen MR) is 79.5 cm³/mol. The second-order valence-electron chi connectivity index (χ2n) is 4.57. The Labute approximate surface area is 129 Å². The van der Waals surface area contributed by atoms with Crippen LogP contribution in [0.15, 0.2) is 24.3 Å². The number of nitrogens with one attached hydrogen (secondary N) is 2.